The summed E-state index contributed by atoms with van der Waals surface area (Å²) < 4.78 is 7.09. The van der Waals surface area contributed by atoms with Gasteiger partial charge in [-0.3, -0.25) is 14.6 Å². The van der Waals surface area contributed by atoms with Gasteiger partial charge in [-0.1, -0.05) is 12.1 Å². The maximum Gasteiger partial charge on any atom is 0.264 e. The van der Waals surface area contributed by atoms with E-state index in [9.17, 15) is 4.79 Å². The van der Waals surface area contributed by atoms with Crippen LogP contribution in [0.4, 0.5) is 0 Å². The van der Waals surface area contributed by atoms with Crippen molar-refractivity contribution in [3.63, 3.8) is 0 Å². The lowest BCUT2D eigenvalue weighted by Crippen LogP contribution is -2.25. The van der Waals surface area contributed by atoms with Crippen LogP contribution < -0.4 is 10.3 Å². The largest absolute Gasteiger partial charge is 0.497 e. The number of rotatable bonds is 2. The second kappa shape index (κ2) is 4.37. The standard InChI is InChI=1S/C14H18N2O2/c1-14(2,3)16-12(9-13(17)15-16)10-6-5-7-11(8-10)18-4/h5-9H,1-4H3,(H,15,17). The molecule has 0 spiro atoms. The summed E-state index contributed by atoms with van der Waals surface area (Å²) in [4.78, 5) is 11.6. The molecule has 0 amide bonds. The van der Waals surface area contributed by atoms with E-state index >= 15 is 0 Å². The predicted octanol–water partition coefficient (Wildman–Crippen LogP) is 2.61. The molecular weight excluding hydrogens is 228 g/mol. The van der Waals surface area contributed by atoms with Crippen molar-refractivity contribution in [2.75, 3.05) is 7.11 Å². The second-order valence-electron chi connectivity index (χ2n) is 5.24. The molecule has 2 aromatic rings. The van der Waals surface area contributed by atoms with Gasteiger partial charge in [0.15, 0.2) is 0 Å². The maximum atomic E-state index is 11.6. The van der Waals surface area contributed by atoms with Gasteiger partial charge < -0.3 is 4.74 Å². The van der Waals surface area contributed by atoms with E-state index in [0.29, 0.717) is 0 Å². The number of nitrogens with one attached hydrogen (secondary N) is 1. The summed E-state index contributed by atoms with van der Waals surface area (Å²) in [5.41, 5.74) is 1.55. The molecule has 1 N–H and O–H groups in total. The first kappa shape index (κ1) is 12.5. The molecule has 0 aliphatic carbocycles. The third-order valence-corrected chi connectivity index (χ3v) is 2.77. The molecule has 18 heavy (non-hydrogen) atoms. The van der Waals surface area contributed by atoms with E-state index in [2.05, 4.69) is 5.10 Å². The van der Waals surface area contributed by atoms with Crippen LogP contribution in [0.5, 0.6) is 5.75 Å². The first-order chi connectivity index (χ1) is 8.41. The van der Waals surface area contributed by atoms with Crippen LogP contribution in [0, 0.1) is 0 Å². The normalized spacial score (nSPS) is 11.6. The number of nitrogens with zero attached hydrogens (tertiary/aromatic N) is 1. The van der Waals surface area contributed by atoms with Gasteiger partial charge in [-0.2, -0.15) is 0 Å². The van der Waals surface area contributed by atoms with Crippen LogP contribution in [-0.4, -0.2) is 16.9 Å². The third-order valence-electron chi connectivity index (χ3n) is 2.77. The van der Waals surface area contributed by atoms with Crippen molar-refractivity contribution < 1.29 is 4.74 Å². The zero-order valence-corrected chi connectivity index (χ0v) is 11.2. The fourth-order valence-electron chi connectivity index (χ4n) is 1.92. The molecular formula is C14H18N2O2. The molecule has 96 valence electrons. The molecule has 0 fully saturated rings. The van der Waals surface area contributed by atoms with Crippen molar-refractivity contribution in [1.82, 2.24) is 9.78 Å². The lowest BCUT2D eigenvalue weighted by Gasteiger charge is -2.23. The molecule has 0 aliphatic rings. The minimum absolute atomic E-state index is 0.0947. The van der Waals surface area contributed by atoms with Crippen LogP contribution in [0.25, 0.3) is 11.3 Å². The molecule has 4 heteroatoms. The molecule has 0 unspecified atom stereocenters. The van der Waals surface area contributed by atoms with E-state index in [1.165, 1.54) is 0 Å². The van der Waals surface area contributed by atoms with Crippen molar-refractivity contribution >= 4 is 0 Å². The lowest BCUT2D eigenvalue weighted by molar-refractivity contribution is 0.358. The Morgan fingerprint density at radius 1 is 1.22 bits per heavy atom. The van der Waals surface area contributed by atoms with Gasteiger partial charge in [-0.05, 0) is 32.9 Å². The number of ether oxygens (including phenoxy) is 1. The minimum atomic E-state index is -0.179. The van der Waals surface area contributed by atoms with E-state index in [-0.39, 0.29) is 11.1 Å². The summed E-state index contributed by atoms with van der Waals surface area (Å²) >= 11 is 0. The third kappa shape index (κ3) is 2.32. The van der Waals surface area contributed by atoms with Gasteiger partial charge in [-0.25, -0.2) is 0 Å². The topological polar surface area (TPSA) is 47.0 Å². The summed E-state index contributed by atoms with van der Waals surface area (Å²) in [7, 11) is 1.63. The zero-order chi connectivity index (χ0) is 13.3. The fraction of sp³-hybridized carbons (Fsp3) is 0.357. The Hall–Kier alpha value is -1.97. The Morgan fingerprint density at radius 2 is 1.94 bits per heavy atom. The summed E-state index contributed by atoms with van der Waals surface area (Å²) in [6, 6.07) is 9.30. The number of H-pyrrole nitrogens is 1. The monoisotopic (exact) mass is 246 g/mol. The molecule has 1 heterocycles. The maximum absolute atomic E-state index is 11.6. The summed E-state index contributed by atoms with van der Waals surface area (Å²) in [5.74, 6) is 0.779. The number of benzene rings is 1. The molecule has 0 radical (unpaired) electrons. The predicted molar refractivity (Wildman–Crippen MR) is 72.0 cm³/mol. The van der Waals surface area contributed by atoms with E-state index in [4.69, 9.17) is 4.74 Å². The average Bonchev–Trinajstić information content (AvgIpc) is 2.71. The molecule has 4 nitrogen and oxygen atoms in total. The van der Waals surface area contributed by atoms with Crippen molar-refractivity contribution in [1.29, 1.82) is 0 Å². The van der Waals surface area contributed by atoms with Gasteiger partial charge in [-0.15, -0.1) is 0 Å². The van der Waals surface area contributed by atoms with Gasteiger partial charge in [0.25, 0.3) is 5.56 Å². The van der Waals surface area contributed by atoms with Crippen LogP contribution in [0.3, 0.4) is 0 Å². The highest BCUT2D eigenvalue weighted by atomic mass is 16.5. The number of aromatic amines is 1. The van der Waals surface area contributed by atoms with E-state index in [1.807, 2.05) is 49.7 Å². The van der Waals surface area contributed by atoms with Gasteiger partial charge in [0.2, 0.25) is 0 Å². The Bertz CT molecular complexity index is 603. The number of hydrogen-bond acceptors (Lipinski definition) is 2. The minimum Gasteiger partial charge on any atom is -0.497 e. The van der Waals surface area contributed by atoms with Crippen molar-refractivity contribution in [2.45, 2.75) is 26.3 Å². The zero-order valence-electron chi connectivity index (χ0n) is 11.2. The highest BCUT2D eigenvalue weighted by Crippen LogP contribution is 2.26. The number of hydrogen-bond donors (Lipinski definition) is 1. The quantitative estimate of drug-likeness (QED) is 0.885. The Labute approximate surface area is 106 Å². The summed E-state index contributed by atoms with van der Waals surface area (Å²) in [6.45, 7) is 6.14. The van der Waals surface area contributed by atoms with Crippen LogP contribution in [0.2, 0.25) is 0 Å². The molecule has 1 aromatic heterocycles. The smallest absolute Gasteiger partial charge is 0.264 e. The molecule has 0 saturated heterocycles. The van der Waals surface area contributed by atoms with Gasteiger partial charge in [0.1, 0.15) is 5.75 Å². The molecule has 0 atom stereocenters. The van der Waals surface area contributed by atoms with Crippen LogP contribution in [0.1, 0.15) is 20.8 Å². The summed E-state index contributed by atoms with van der Waals surface area (Å²) in [6.07, 6.45) is 0. The molecule has 0 saturated carbocycles. The van der Waals surface area contributed by atoms with Gasteiger partial charge in [0.05, 0.1) is 18.3 Å². The Morgan fingerprint density at radius 3 is 2.56 bits per heavy atom. The van der Waals surface area contributed by atoms with Crippen molar-refractivity contribution in [2.24, 2.45) is 0 Å². The second-order valence-corrected chi connectivity index (χ2v) is 5.24. The summed E-state index contributed by atoms with van der Waals surface area (Å²) in [5, 5.41) is 2.84. The SMILES string of the molecule is COc1cccc(-c2cc(=O)[nH]n2C(C)(C)C)c1. The van der Waals surface area contributed by atoms with E-state index in [1.54, 1.807) is 13.2 Å². The fourth-order valence-corrected chi connectivity index (χ4v) is 1.92. The average molecular weight is 246 g/mol. The van der Waals surface area contributed by atoms with E-state index in [0.717, 1.165) is 17.0 Å². The van der Waals surface area contributed by atoms with Gasteiger partial charge in [0, 0.05) is 11.6 Å². The van der Waals surface area contributed by atoms with Crippen molar-refractivity contribution in [3.8, 4) is 17.0 Å². The molecule has 0 bridgehead atoms. The molecule has 0 aliphatic heterocycles. The number of methoxy groups -OCH3 is 1. The molecule has 2 rings (SSSR count). The molecule has 1 aromatic carbocycles. The van der Waals surface area contributed by atoms with Crippen LogP contribution in [-0.2, 0) is 5.54 Å². The highest BCUT2D eigenvalue weighted by molar-refractivity contribution is 5.61. The number of aromatic nitrogens is 2. The van der Waals surface area contributed by atoms with Gasteiger partial charge >= 0.3 is 0 Å². The first-order valence-electron chi connectivity index (χ1n) is 5.89. The van der Waals surface area contributed by atoms with Crippen LogP contribution in [0.15, 0.2) is 35.1 Å². The Balaban J connectivity index is 2.60. The van der Waals surface area contributed by atoms with E-state index < -0.39 is 0 Å². The Kier molecular flexibility index (Phi) is 3.03. The highest BCUT2D eigenvalue weighted by Gasteiger charge is 2.18. The lowest BCUT2D eigenvalue weighted by atomic mass is 10.1. The van der Waals surface area contributed by atoms with Crippen molar-refractivity contribution in [3.05, 3.63) is 40.7 Å². The van der Waals surface area contributed by atoms with Crippen LogP contribution >= 0.6 is 0 Å². The first-order valence-corrected chi connectivity index (χ1v) is 5.89.